The second-order valence-electron chi connectivity index (χ2n) is 4.84. The summed E-state index contributed by atoms with van der Waals surface area (Å²) in [5, 5.41) is 19.3. The number of rotatable bonds is 6. The van der Waals surface area contributed by atoms with E-state index in [-0.39, 0.29) is 24.3 Å². The van der Waals surface area contributed by atoms with Gasteiger partial charge in [0.1, 0.15) is 24.1 Å². The van der Waals surface area contributed by atoms with Gasteiger partial charge in [0.2, 0.25) is 0 Å². The van der Waals surface area contributed by atoms with Gasteiger partial charge in [-0.05, 0) is 29.7 Å². The molecular formula is C17H16O4. The maximum Gasteiger partial charge on any atom is 0.124 e. The number of hydrogen-bond donors (Lipinski definition) is 2. The normalized spacial score (nSPS) is 10.3. The van der Waals surface area contributed by atoms with Gasteiger partial charge in [0.05, 0.1) is 0 Å². The van der Waals surface area contributed by atoms with E-state index in [1.165, 1.54) is 0 Å². The van der Waals surface area contributed by atoms with Crippen LogP contribution in [-0.2, 0) is 28.9 Å². The van der Waals surface area contributed by atoms with Crippen molar-refractivity contribution in [3.8, 4) is 11.5 Å². The fourth-order valence-electron chi connectivity index (χ4n) is 2.24. The van der Waals surface area contributed by atoms with Crippen LogP contribution in [0.4, 0.5) is 0 Å². The number of phenols is 2. The quantitative estimate of drug-likeness (QED) is 0.797. The average Bonchev–Trinajstić information content (AvgIpc) is 2.47. The fourth-order valence-corrected chi connectivity index (χ4v) is 2.24. The number of aromatic hydroxyl groups is 2. The van der Waals surface area contributed by atoms with Gasteiger partial charge in [-0.15, -0.1) is 0 Å². The lowest BCUT2D eigenvalue weighted by atomic mass is 9.99. The Kier molecular flexibility index (Phi) is 4.72. The number of hydrogen-bond acceptors (Lipinski definition) is 4. The summed E-state index contributed by atoms with van der Waals surface area (Å²) in [4.78, 5) is 21.2. The summed E-state index contributed by atoms with van der Waals surface area (Å²) in [5.74, 6) is 0.219. The van der Waals surface area contributed by atoms with Crippen LogP contribution >= 0.6 is 0 Å². The Balaban J connectivity index is 2.25. The standard InChI is InChI=1S/C17H16O4/c18-7-5-14-10-12(1-3-16(14)20)9-13-2-4-17(21)15(11-13)6-8-19/h1-4,7-8,10-11,20-21H,5-6,9H2. The van der Waals surface area contributed by atoms with Gasteiger partial charge in [0, 0.05) is 24.0 Å². The summed E-state index contributed by atoms with van der Waals surface area (Å²) < 4.78 is 0. The lowest BCUT2D eigenvalue weighted by Gasteiger charge is -2.08. The molecule has 4 heteroatoms. The van der Waals surface area contributed by atoms with Gasteiger partial charge in [-0.1, -0.05) is 24.3 Å². The zero-order chi connectivity index (χ0) is 15.2. The first kappa shape index (κ1) is 14.8. The van der Waals surface area contributed by atoms with Crippen LogP contribution in [-0.4, -0.2) is 22.8 Å². The Bertz CT molecular complexity index is 604. The molecule has 2 rings (SSSR count). The van der Waals surface area contributed by atoms with E-state index in [0.717, 1.165) is 23.7 Å². The predicted octanol–water partition coefficient (Wildman–Crippen LogP) is 2.17. The highest BCUT2D eigenvalue weighted by Crippen LogP contribution is 2.23. The molecule has 108 valence electrons. The third kappa shape index (κ3) is 3.69. The zero-order valence-electron chi connectivity index (χ0n) is 11.5. The minimum Gasteiger partial charge on any atom is -0.508 e. The van der Waals surface area contributed by atoms with E-state index in [2.05, 4.69) is 0 Å². The molecule has 0 aliphatic rings. The summed E-state index contributed by atoms with van der Waals surface area (Å²) >= 11 is 0. The lowest BCUT2D eigenvalue weighted by Crippen LogP contribution is -1.95. The SMILES string of the molecule is O=CCc1cc(Cc2ccc(O)c(CC=O)c2)ccc1O. The average molecular weight is 284 g/mol. The van der Waals surface area contributed by atoms with Gasteiger partial charge >= 0.3 is 0 Å². The Labute approximate surface area is 122 Å². The summed E-state index contributed by atoms with van der Waals surface area (Å²) in [7, 11) is 0. The number of aldehydes is 2. The minimum atomic E-state index is 0.109. The Morgan fingerprint density at radius 2 is 1.19 bits per heavy atom. The molecule has 0 aliphatic heterocycles. The van der Waals surface area contributed by atoms with Crippen LogP contribution in [0.1, 0.15) is 22.3 Å². The maximum absolute atomic E-state index is 10.6. The summed E-state index contributed by atoms with van der Waals surface area (Å²) in [6.45, 7) is 0. The van der Waals surface area contributed by atoms with Crippen molar-refractivity contribution >= 4 is 12.6 Å². The van der Waals surface area contributed by atoms with Crippen LogP contribution in [0.25, 0.3) is 0 Å². The minimum absolute atomic E-state index is 0.109. The highest BCUT2D eigenvalue weighted by Gasteiger charge is 2.06. The van der Waals surface area contributed by atoms with Crippen molar-refractivity contribution in [1.29, 1.82) is 0 Å². The number of benzene rings is 2. The number of carbonyl (C=O) groups is 2. The van der Waals surface area contributed by atoms with Crippen LogP contribution in [0.2, 0.25) is 0 Å². The molecule has 0 heterocycles. The van der Waals surface area contributed by atoms with Gasteiger partial charge in [0.15, 0.2) is 0 Å². The van der Waals surface area contributed by atoms with E-state index >= 15 is 0 Å². The second kappa shape index (κ2) is 6.70. The molecule has 2 aromatic carbocycles. The topological polar surface area (TPSA) is 74.6 Å². The first-order chi connectivity index (χ1) is 10.1. The summed E-state index contributed by atoms with van der Waals surface area (Å²) in [5.41, 5.74) is 3.09. The smallest absolute Gasteiger partial charge is 0.124 e. The third-order valence-electron chi connectivity index (χ3n) is 3.30. The van der Waals surface area contributed by atoms with Crippen LogP contribution < -0.4 is 0 Å². The Morgan fingerprint density at radius 1 is 0.762 bits per heavy atom. The van der Waals surface area contributed by atoms with E-state index in [0.29, 0.717) is 17.5 Å². The van der Waals surface area contributed by atoms with Crippen molar-refractivity contribution in [2.45, 2.75) is 19.3 Å². The van der Waals surface area contributed by atoms with E-state index < -0.39 is 0 Å². The van der Waals surface area contributed by atoms with Crippen LogP contribution in [0, 0.1) is 0 Å². The molecule has 0 unspecified atom stereocenters. The van der Waals surface area contributed by atoms with Crippen molar-refractivity contribution in [2.75, 3.05) is 0 Å². The molecule has 2 N–H and O–H groups in total. The van der Waals surface area contributed by atoms with Crippen molar-refractivity contribution in [3.63, 3.8) is 0 Å². The Morgan fingerprint density at radius 3 is 1.57 bits per heavy atom. The molecule has 0 atom stereocenters. The molecular weight excluding hydrogens is 268 g/mol. The monoisotopic (exact) mass is 284 g/mol. The fraction of sp³-hybridized carbons (Fsp3) is 0.176. The molecule has 0 aromatic heterocycles. The van der Waals surface area contributed by atoms with Gasteiger partial charge in [-0.2, -0.15) is 0 Å². The first-order valence-corrected chi connectivity index (χ1v) is 6.63. The van der Waals surface area contributed by atoms with Gasteiger partial charge in [0.25, 0.3) is 0 Å². The Hall–Kier alpha value is -2.62. The molecule has 0 amide bonds. The van der Waals surface area contributed by atoms with E-state index in [1.54, 1.807) is 36.4 Å². The molecule has 0 bridgehead atoms. The third-order valence-corrected chi connectivity index (χ3v) is 3.30. The van der Waals surface area contributed by atoms with E-state index in [9.17, 15) is 19.8 Å². The van der Waals surface area contributed by atoms with Crippen LogP contribution in [0.5, 0.6) is 11.5 Å². The molecule has 0 aliphatic carbocycles. The largest absolute Gasteiger partial charge is 0.508 e. The van der Waals surface area contributed by atoms with Gasteiger partial charge in [-0.25, -0.2) is 0 Å². The molecule has 0 radical (unpaired) electrons. The van der Waals surface area contributed by atoms with Gasteiger partial charge < -0.3 is 19.8 Å². The number of carbonyl (C=O) groups excluding carboxylic acids is 2. The van der Waals surface area contributed by atoms with E-state index in [1.807, 2.05) is 0 Å². The van der Waals surface area contributed by atoms with Crippen LogP contribution in [0.15, 0.2) is 36.4 Å². The zero-order valence-corrected chi connectivity index (χ0v) is 11.5. The van der Waals surface area contributed by atoms with E-state index in [4.69, 9.17) is 0 Å². The first-order valence-electron chi connectivity index (χ1n) is 6.63. The van der Waals surface area contributed by atoms with Crippen molar-refractivity contribution in [3.05, 3.63) is 58.7 Å². The molecule has 2 aromatic rings. The highest BCUT2D eigenvalue weighted by atomic mass is 16.3. The van der Waals surface area contributed by atoms with Crippen molar-refractivity contribution < 1.29 is 19.8 Å². The number of phenolic OH excluding ortho intramolecular Hbond substituents is 2. The lowest BCUT2D eigenvalue weighted by molar-refractivity contribution is -0.108. The van der Waals surface area contributed by atoms with Crippen LogP contribution in [0.3, 0.4) is 0 Å². The molecule has 0 saturated carbocycles. The van der Waals surface area contributed by atoms with Crippen molar-refractivity contribution in [1.82, 2.24) is 0 Å². The summed E-state index contributed by atoms with van der Waals surface area (Å²) in [6.07, 6.45) is 2.44. The molecule has 0 spiro atoms. The predicted molar refractivity (Wildman–Crippen MR) is 78.6 cm³/mol. The molecule has 4 nitrogen and oxygen atoms in total. The summed E-state index contributed by atoms with van der Waals surface area (Å²) in [6, 6.07) is 10.3. The maximum atomic E-state index is 10.6. The second-order valence-corrected chi connectivity index (χ2v) is 4.84. The van der Waals surface area contributed by atoms with Crippen molar-refractivity contribution in [2.24, 2.45) is 0 Å². The molecule has 0 fully saturated rings. The molecule has 21 heavy (non-hydrogen) atoms. The molecule has 0 saturated heterocycles. The highest BCUT2D eigenvalue weighted by molar-refractivity contribution is 5.59. The van der Waals surface area contributed by atoms with Gasteiger partial charge in [-0.3, -0.25) is 0 Å².